The smallest absolute Gasteiger partial charge is 0.0230 e. The summed E-state index contributed by atoms with van der Waals surface area (Å²) in [6, 6.07) is 0. The average molecular weight is 104 g/mol. The molecule has 1 heteroatoms. The van der Waals surface area contributed by atoms with Gasteiger partial charge in [0.1, 0.15) is 0 Å². The molecular formula is C5H10S. The molecule has 0 radical (unpaired) electrons. The maximum atomic E-state index is 6.86. The van der Waals surface area contributed by atoms with Crippen LogP contribution in [0.1, 0.15) is 14.7 Å². The van der Waals surface area contributed by atoms with Crippen LogP contribution in [0.2, 0.25) is 0 Å². The van der Waals surface area contributed by atoms with Crippen molar-refractivity contribution < 1.29 is 1.37 Å². The van der Waals surface area contributed by atoms with Gasteiger partial charge in [-0.15, -0.1) is 0 Å². The van der Waals surface area contributed by atoms with E-state index in [4.69, 9.17) is 1.37 Å². The van der Waals surface area contributed by atoms with Gasteiger partial charge in [0, 0.05) is 1.37 Å². The van der Waals surface area contributed by atoms with E-state index in [2.05, 4.69) is 0 Å². The van der Waals surface area contributed by atoms with E-state index in [0.717, 1.165) is 12.3 Å². The van der Waals surface area contributed by atoms with Gasteiger partial charge in [-0.05, 0) is 17.4 Å². The molecule has 0 atom stereocenters. The molecule has 1 aliphatic rings. The topological polar surface area (TPSA) is 0 Å². The minimum Gasteiger partial charge on any atom is -0.161 e. The van der Waals surface area contributed by atoms with Crippen molar-refractivity contribution >= 4 is 11.8 Å². The van der Waals surface area contributed by atoms with E-state index in [-0.39, 0.29) is 0 Å². The van der Waals surface area contributed by atoms with Gasteiger partial charge in [0.15, 0.2) is 0 Å². The third kappa shape index (κ3) is 0.700. The maximum Gasteiger partial charge on any atom is 0.0230 e. The first kappa shape index (κ1) is 3.36. The van der Waals surface area contributed by atoms with Crippen molar-refractivity contribution in [1.82, 2.24) is 0 Å². The highest BCUT2D eigenvalue weighted by molar-refractivity contribution is 8.00. The second kappa shape index (κ2) is 1.87. The zero-order chi connectivity index (χ0) is 5.11. The fourth-order valence-corrected chi connectivity index (χ4v) is 1.35. The number of hydrogen-bond acceptors (Lipinski definition) is 1. The lowest BCUT2D eigenvalue weighted by atomic mass is 10.1. The molecule has 6 heavy (non-hydrogen) atoms. The fourth-order valence-electron chi connectivity index (χ4n) is 0.451. The maximum absolute atomic E-state index is 6.86. The first-order valence-electron chi connectivity index (χ1n) is 3.01. The van der Waals surface area contributed by atoms with Crippen LogP contribution in [0.4, 0.5) is 0 Å². The number of thioether (sulfide) groups is 1. The van der Waals surface area contributed by atoms with Gasteiger partial charge in [0.2, 0.25) is 0 Å². The standard InChI is InChI=1S/C5H10S/c1-2-5-3-6-4-5/h5H,2-4H2,1H3/i1T. The SMILES string of the molecule is [3H]CCC1CSC1. The lowest BCUT2D eigenvalue weighted by Crippen LogP contribution is -2.15. The van der Waals surface area contributed by atoms with Gasteiger partial charge < -0.3 is 0 Å². The van der Waals surface area contributed by atoms with Crippen LogP contribution < -0.4 is 0 Å². The molecule has 0 bridgehead atoms. The van der Waals surface area contributed by atoms with Crippen LogP contribution in [0.3, 0.4) is 0 Å². The van der Waals surface area contributed by atoms with Crippen molar-refractivity contribution in [2.75, 3.05) is 11.5 Å². The second-order valence-electron chi connectivity index (χ2n) is 1.69. The van der Waals surface area contributed by atoms with Crippen molar-refractivity contribution in [2.24, 2.45) is 5.92 Å². The van der Waals surface area contributed by atoms with E-state index in [1.165, 1.54) is 11.5 Å². The van der Waals surface area contributed by atoms with E-state index in [1.54, 1.807) is 0 Å². The third-order valence-corrected chi connectivity index (χ3v) is 2.53. The zero-order valence-electron chi connectivity index (χ0n) is 4.81. The van der Waals surface area contributed by atoms with E-state index in [0.29, 0.717) is 6.90 Å². The Balaban J connectivity index is 1.93. The van der Waals surface area contributed by atoms with E-state index in [9.17, 15) is 0 Å². The summed E-state index contributed by atoms with van der Waals surface area (Å²) in [5.74, 6) is 3.54. The molecule has 1 aliphatic heterocycles. The molecule has 1 fully saturated rings. The Kier molecular flexibility index (Phi) is 1.05. The van der Waals surface area contributed by atoms with E-state index >= 15 is 0 Å². The van der Waals surface area contributed by atoms with Crippen LogP contribution in [0.5, 0.6) is 0 Å². The summed E-state index contributed by atoms with van der Waals surface area (Å²) in [5.41, 5.74) is 0. The highest BCUT2D eigenvalue weighted by atomic mass is 32.2. The van der Waals surface area contributed by atoms with Crippen LogP contribution >= 0.6 is 11.8 Å². The Morgan fingerprint density at radius 1 is 2.00 bits per heavy atom. The van der Waals surface area contributed by atoms with Gasteiger partial charge in [0.25, 0.3) is 0 Å². The van der Waals surface area contributed by atoms with Gasteiger partial charge in [-0.1, -0.05) is 13.3 Å². The van der Waals surface area contributed by atoms with Crippen LogP contribution in [-0.4, -0.2) is 11.5 Å². The second-order valence-corrected chi connectivity index (χ2v) is 2.77. The predicted molar refractivity (Wildman–Crippen MR) is 31.1 cm³/mol. The quantitative estimate of drug-likeness (QED) is 0.488. The molecule has 0 aromatic rings. The summed E-state index contributed by atoms with van der Waals surface area (Å²) >= 11 is 2.00. The summed E-state index contributed by atoms with van der Waals surface area (Å²) in [4.78, 5) is 0. The monoisotopic (exact) mass is 104 g/mol. The summed E-state index contributed by atoms with van der Waals surface area (Å²) in [5, 5.41) is 0. The average Bonchev–Trinajstić information content (AvgIpc) is 1.55. The molecule has 1 rings (SSSR count). The largest absolute Gasteiger partial charge is 0.161 e. The Morgan fingerprint density at radius 3 is 3.00 bits per heavy atom. The number of hydrogen-bond donors (Lipinski definition) is 0. The van der Waals surface area contributed by atoms with Crippen molar-refractivity contribution in [2.45, 2.75) is 13.3 Å². The molecule has 0 aliphatic carbocycles. The molecule has 1 heterocycles. The van der Waals surface area contributed by atoms with Gasteiger partial charge in [-0.3, -0.25) is 0 Å². The number of rotatable bonds is 1. The molecule has 0 amide bonds. The molecule has 0 aromatic heterocycles. The Bertz CT molecular complexity index is 52.0. The first-order valence-corrected chi connectivity index (χ1v) is 3.46. The summed E-state index contributed by atoms with van der Waals surface area (Å²) < 4.78 is 6.86. The molecule has 0 aromatic carbocycles. The molecule has 36 valence electrons. The Morgan fingerprint density at radius 2 is 2.83 bits per heavy atom. The van der Waals surface area contributed by atoms with Crippen LogP contribution in [0.15, 0.2) is 0 Å². The van der Waals surface area contributed by atoms with Gasteiger partial charge in [-0.2, -0.15) is 11.8 Å². The predicted octanol–water partition coefficient (Wildman–Crippen LogP) is 1.76. The molecular weight excluding hydrogens is 92.1 g/mol. The highest BCUT2D eigenvalue weighted by Gasteiger charge is 2.14. The third-order valence-electron chi connectivity index (χ3n) is 1.12. The molecule has 0 unspecified atom stereocenters. The van der Waals surface area contributed by atoms with Gasteiger partial charge in [0.05, 0.1) is 0 Å². The molecule has 0 N–H and O–H groups in total. The molecule has 0 nitrogen and oxygen atoms in total. The Hall–Kier alpha value is 0.350. The van der Waals surface area contributed by atoms with E-state index < -0.39 is 0 Å². The van der Waals surface area contributed by atoms with Gasteiger partial charge >= 0.3 is 0 Å². The van der Waals surface area contributed by atoms with Crippen LogP contribution in [0.25, 0.3) is 0 Å². The highest BCUT2D eigenvalue weighted by Crippen LogP contribution is 2.26. The molecule has 0 spiro atoms. The molecule has 0 saturated carbocycles. The van der Waals surface area contributed by atoms with Crippen LogP contribution in [0, 0.1) is 5.92 Å². The lowest BCUT2D eigenvalue weighted by Gasteiger charge is -2.22. The van der Waals surface area contributed by atoms with Gasteiger partial charge in [-0.25, -0.2) is 0 Å². The van der Waals surface area contributed by atoms with Crippen LogP contribution in [-0.2, 0) is 0 Å². The fraction of sp³-hybridized carbons (Fsp3) is 1.00. The minimum atomic E-state index is 0.630. The normalized spacial score (nSPS) is 25.7. The minimum absolute atomic E-state index is 0.630. The van der Waals surface area contributed by atoms with Crippen molar-refractivity contribution in [3.8, 4) is 0 Å². The summed E-state index contributed by atoms with van der Waals surface area (Å²) in [6.45, 7) is 0.630. The van der Waals surface area contributed by atoms with Crippen molar-refractivity contribution in [3.63, 3.8) is 0 Å². The van der Waals surface area contributed by atoms with Crippen molar-refractivity contribution in [3.05, 3.63) is 0 Å². The Labute approximate surface area is 44.7 Å². The summed E-state index contributed by atoms with van der Waals surface area (Å²) in [7, 11) is 0. The first-order chi connectivity index (χ1) is 3.43. The molecule has 1 saturated heterocycles. The van der Waals surface area contributed by atoms with E-state index in [1.807, 2.05) is 11.8 Å². The summed E-state index contributed by atoms with van der Waals surface area (Å²) in [6.07, 6.45) is 1.13. The lowest BCUT2D eigenvalue weighted by molar-refractivity contribution is 0.617. The van der Waals surface area contributed by atoms with Crippen molar-refractivity contribution in [1.29, 1.82) is 0 Å². The zero-order valence-corrected chi connectivity index (χ0v) is 4.63.